The van der Waals surface area contributed by atoms with Gasteiger partial charge in [0.25, 0.3) is 0 Å². The van der Waals surface area contributed by atoms with Crippen LogP contribution < -0.4 is 5.73 Å². The molecule has 0 bridgehead atoms. The Morgan fingerprint density at radius 2 is 2.00 bits per heavy atom. The lowest BCUT2D eigenvalue weighted by Crippen LogP contribution is -2.10. The van der Waals surface area contributed by atoms with Crippen LogP contribution in [0.15, 0.2) is 18.2 Å². The molecule has 78 valence electrons. The Morgan fingerprint density at radius 3 is 2.43 bits per heavy atom. The molecule has 14 heavy (non-hydrogen) atoms. The van der Waals surface area contributed by atoms with Crippen molar-refractivity contribution in [3.05, 3.63) is 33.8 Å². The van der Waals surface area contributed by atoms with Crippen LogP contribution in [0, 0.1) is 0 Å². The Kier molecular flexibility index (Phi) is 3.62. The van der Waals surface area contributed by atoms with Crippen LogP contribution in [0.25, 0.3) is 0 Å². The first-order valence-electron chi connectivity index (χ1n) is 3.83. The van der Waals surface area contributed by atoms with E-state index in [1.165, 1.54) is 12.7 Å². The average Bonchev–Trinajstić information content (AvgIpc) is 2.07. The van der Waals surface area contributed by atoms with Gasteiger partial charge in [0.2, 0.25) is 7.37 Å². The molecule has 0 heterocycles. The van der Waals surface area contributed by atoms with Gasteiger partial charge >= 0.3 is 0 Å². The molecule has 1 aromatic carbocycles. The summed E-state index contributed by atoms with van der Waals surface area (Å²) in [4.78, 5) is 9.25. The molecule has 0 amide bonds. The minimum Gasteiger partial charge on any atom is -0.343 e. The zero-order valence-corrected chi connectivity index (χ0v) is 9.85. The molecule has 1 rings (SSSR count). The molecule has 0 aliphatic heterocycles. The maximum Gasteiger partial charge on any atom is 0.218 e. The van der Waals surface area contributed by atoms with Gasteiger partial charge in [-0.25, -0.2) is 0 Å². The largest absolute Gasteiger partial charge is 0.343 e. The summed E-state index contributed by atoms with van der Waals surface area (Å²) in [5.74, 6) is -0.919. The number of nitrogens with two attached hydrogens (primary N) is 1. The first-order valence-corrected chi connectivity index (χ1v) is 6.76. The van der Waals surface area contributed by atoms with E-state index in [0.29, 0.717) is 15.6 Å². The van der Waals surface area contributed by atoms with Crippen LogP contribution in [0.3, 0.4) is 0 Å². The maximum atomic E-state index is 11.3. The Bertz CT molecular complexity index is 391. The minimum atomic E-state index is -3.34. The summed E-state index contributed by atoms with van der Waals surface area (Å²) in [5, 5.41) is 0.722. The molecule has 0 aliphatic carbocycles. The maximum absolute atomic E-state index is 11.3. The zero-order chi connectivity index (χ0) is 10.9. The normalized spacial score (nSPS) is 17.5. The van der Waals surface area contributed by atoms with Crippen LogP contribution in [0.2, 0.25) is 10.0 Å². The summed E-state index contributed by atoms with van der Waals surface area (Å²) in [6.45, 7) is 1.21. The summed E-state index contributed by atoms with van der Waals surface area (Å²) < 4.78 is 11.3. The molecule has 0 aromatic heterocycles. The lowest BCUT2D eigenvalue weighted by atomic mass is 10.2. The van der Waals surface area contributed by atoms with Crippen LogP contribution in [-0.2, 0) is 4.57 Å². The lowest BCUT2D eigenvalue weighted by Gasteiger charge is -2.15. The molecule has 0 radical (unpaired) electrons. The second-order valence-corrected chi connectivity index (χ2v) is 6.32. The summed E-state index contributed by atoms with van der Waals surface area (Å²) in [5.41, 5.74) is 6.08. The predicted octanol–water partition coefficient (Wildman–Crippen LogP) is 2.85. The minimum absolute atomic E-state index is 0.327. The highest BCUT2D eigenvalue weighted by Crippen LogP contribution is 2.49. The quantitative estimate of drug-likeness (QED) is 0.797. The van der Waals surface area contributed by atoms with Gasteiger partial charge in [-0.1, -0.05) is 29.3 Å². The topological polar surface area (TPSA) is 63.3 Å². The Morgan fingerprint density at radius 1 is 1.43 bits per heavy atom. The van der Waals surface area contributed by atoms with Gasteiger partial charge in [-0.3, -0.25) is 4.57 Å². The van der Waals surface area contributed by atoms with Gasteiger partial charge in [0.1, 0.15) is 5.78 Å². The fourth-order valence-electron chi connectivity index (χ4n) is 0.973. The molecule has 0 saturated carbocycles. The van der Waals surface area contributed by atoms with Gasteiger partial charge in [0, 0.05) is 6.66 Å². The first kappa shape index (κ1) is 12.0. The van der Waals surface area contributed by atoms with E-state index in [2.05, 4.69) is 0 Å². The highest BCUT2D eigenvalue weighted by molar-refractivity contribution is 7.57. The Balaban J connectivity index is 3.09. The molecule has 3 nitrogen and oxygen atoms in total. The first-order chi connectivity index (χ1) is 6.32. The number of benzene rings is 1. The van der Waals surface area contributed by atoms with Gasteiger partial charge in [-0.15, -0.1) is 0 Å². The third kappa shape index (κ3) is 2.72. The van der Waals surface area contributed by atoms with Crippen molar-refractivity contribution < 1.29 is 9.46 Å². The van der Waals surface area contributed by atoms with Crippen LogP contribution in [0.1, 0.15) is 11.3 Å². The van der Waals surface area contributed by atoms with E-state index < -0.39 is 13.2 Å². The summed E-state index contributed by atoms with van der Waals surface area (Å²) in [6.07, 6.45) is 0. The zero-order valence-electron chi connectivity index (χ0n) is 7.45. The Hall–Kier alpha value is -0.0500. The second-order valence-electron chi connectivity index (χ2n) is 3.06. The van der Waals surface area contributed by atoms with E-state index in [4.69, 9.17) is 28.9 Å². The molecular weight excluding hydrogens is 244 g/mol. The van der Waals surface area contributed by atoms with Gasteiger partial charge in [0.05, 0.1) is 10.0 Å². The highest BCUT2D eigenvalue weighted by atomic mass is 35.5. The third-order valence-corrected chi connectivity index (χ3v) is 3.87. The SMILES string of the molecule is CP(=O)(O)C(N)c1ccc(Cl)c(Cl)c1. The molecule has 6 heteroatoms. The van der Waals surface area contributed by atoms with E-state index in [-0.39, 0.29) is 0 Å². The van der Waals surface area contributed by atoms with Crippen LogP contribution in [0.5, 0.6) is 0 Å². The summed E-state index contributed by atoms with van der Waals surface area (Å²) in [7, 11) is -3.34. The number of rotatable bonds is 2. The van der Waals surface area contributed by atoms with Crippen molar-refractivity contribution in [2.24, 2.45) is 5.73 Å². The van der Waals surface area contributed by atoms with Crippen LogP contribution in [-0.4, -0.2) is 11.6 Å². The van der Waals surface area contributed by atoms with Gasteiger partial charge in [-0.05, 0) is 17.7 Å². The standard InChI is InChI=1S/C8H10Cl2NO2P/c1-14(12,13)8(11)5-2-3-6(9)7(10)4-5/h2-4,8H,11H2,1H3,(H,12,13). The summed E-state index contributed by atoms with van der Waals surface area (Å²) >= 11 is 11.4. The molecule has 1 aromatic rings. The second kappa shape index (κ2) is 4.21. The van der Waals surface area contributed by atoms with Crippen LogP contribution in [0.4, 0.5) is 0 Å². The molecule has 2 atom stereocenters. The number of hydrogen-bond acceptors (Lipinski definition) is 2. The Labute approximate surface area is 92.3 Å². The van der Waals surface area contributed by atoms with Crippen molar-refractivity contribution in [2.75, 3.05) is 6.66 Å². The average molecular weight is 254 g/mol. The van der Waals surface area contributed by atoms with Crippen molar-refractivity contribution in [1.82, 2.24) is 0 Å². The number of hydrogen-bond donors (Lipinski definition) is 2. The van der Waals surface area contributed by atoms with Crippen molar-refractivity contribution in [1.29, 1.82) is 0 Å². The highest BCUT2D eigenvalue weighted by Gasteiger charge is 2.23. The van der Waals surface area contributed by atoms with E-state index in [9.17, 15) is 9.46 Å². The fourth-order valence-corrected chi connectivity index (χ4v) is 1.99. The monoisotopic (exact) mass is 253 g/mol. The molecule has 0 aliphatic rings. The van der Waals surface area contributed by atoms with Gasteiger partial charge in [-0.2, -0.15) is 0 Å². The molecule has 3 N–H and O–H groups in total. The third-order valence-electron chi connectivity index (χ3n) is 1.80. The predicted molar refractivity (Wildman–Crippen MR) is 59.1 cm³/mol. The van der Waals surface area contributed by atoms with E-state index in [0.717, 1.165) is 0 Å². The number of halogens is 2. The van der Waals surface area contributed by atoms with Crippen LogP contribution >= 0.6 is 30.6 Å². The van der Waals surface area contributed by atoms with Gasteiger partial charge < -0.3 is 10.6 Å². The molecule has 0 saturated heterocycles. The van der Waals surface area contributed by atoms with Crippen molar-refractivity contribution >= 4 is 30.6 Å². The van der Waals surface area contributed by atoms with Crippen molar-refractivity contribution in [3.63, 3.8) is 0 Å². The van der Waals surface area contributed by atoms with Crippen molar-refractivity contribution in [3.8, 4) is 0 Å². The molecule has 0 fully saturated rings. The van der Waals surface area contributed by atoms with E-state index in [1.807, 2.05) is 0 Å². The lowest BCUT2D eigenvalue weighted by molar-refractivity contribution is 0.472. The molecular formula is C8H10Cl2NO2P. The molecule has 2 unspecified atom stereocenters. The van der Waals surface area contributed by atoms with E-state index in [1.54, 1.807) is 12.1 Å². The smallest absolute Gasteiger partial charge is 0.218 e. The summed E-state index contributed by atoms with van der Waals surface area (Å²) in [6, 6.07) is 4.64. The van der Waals surface area contributed by atoms with Crippen molar-refractivity contribution in [2.45, 2.75) is 5.78 Å². The molecule has 0 spiro atoms. The fraction of sp³-hybridized carbons (Fsp3) is 0.250. The van der Waals surface area contributed by atoms with Gasteiger partial charge in [0.15, 0.2) is 0 Å². The van der Waals surface area contributed by atoms with E-state index >= 15 is 0 Å².